The predicted molar refractivity (Wildman–Crippen MR) is 70.8 cm³/mol. The van der Waals surface area contributed by atoms with Crippen LogP contribution < -0.4 is 5.73 Å². The third-order valence-corrected chi connectivity index (χ3v) is 3.12. The lowest BCUT2D eigenvalue weighted by molar-refractivity contribution is 0.470. The Kier molecular flexibility index (Phi) is 3.53. The number of nitrogens with two attached hydrogens (primary N) is 1. The van der Waals surface area contributed by atoms with Gasteiger partial charge in [0.2, 0.25) is 0 Å². The van der Waals surface area contributed by atoms with Crippen molar-refractivity contribution in [2.24, 2.45) is 5.73 Å². The largest absolute Gasteiger partial charge is 0.507 e. The molecule has 0 unspecified atom stereocenters. The smallest absolute Gasteiger partial charge is 0.130 e. The van der Waals surface area contributed by atoms with Gasteiger partial charge in [0.15, 0.2) is 0 Å². The fraction of sp³-hybridized carbons (Fsp3) is 0.200. The molecule has 0 aliphatic heterocycles. The number of hydrogen-bond donors (Lipinski definition) is 2. The van der Waals surface area contributed by atoms with Crippen molar-refractivity contribution in [3.8, 4) is 16.9 Å². The van der Waals surface area contributed by atoms with Gasteiger partial charge in [-0.25, -0.2) is 8.78 Å². The fourth-order valence-electron chi connectivity index (χ4n) is 2.24. The van der Waals surface area contributed by atoms with Crippen LogP contribution in [-0.4, -0.2) is 5.11 Å². The lowest BCUT2D eigenvalue weighted by Gasteiger charge is -2.12. The monoisotopic (exact) mass is 263 g/mol. The Morgan fingerprint density at radius 1 is 1.05 bits per heavy atom. The highest BCUT2D eigenvalue weighted by molar-refractivity contribution is 5.74. The van der Waals surface area contributed by atoms with Gasteiger partial charge in [-0.1, -0.05) is 0 Å². The van der Waals surface area contributed by atoms with Crippen molar-refractivity contribution in [2.45, 2.75) is 20.4 Å². The van der Waals surface area contributed by atoms with Crippen molar-refractivity contribution < 1.29 is 13.9 Å². The molecule has 2 nitrogen and oxygen atoms in total. The van der Waals surface area contributed by atoms with E-state index in [1.807, 2.05) is 0 Å². The molecule has 0 atom stereocenters. The first-order valence-electron chi connectivity index (χ1n) is 5.92. The molecule has 0 fully saturated rings. The molecular formula is C15H15F2NO. The van der Waals surface area contributed by atoms with Crippen molar-refractivity contribution in [1.29, 1.82) is 0 Å². The first-order chi connectivity index (χ1) is 8.93. The van der Waals surface area contributed by atoms with E-state index in [0.29, 0.717) is 27.8 Å². The highest BCUT2D eigenvalue weighted by atomic mass is 19.1. The van der Waals surface area contributed by atoms with E-state index in [1.54, 1.807) is 26.0 Å². The number of rotatable bonds is 2. The average Bonchev–Trinajstić information content (AvgIpc) is 2.32. The number of halogens is 2. The van der Waals surface area contributed by atoms with Crippen molar-refractivity contribution in [1.82, 2.24) is 0 Å². The molecule has 0 spiro atoms. The second kappa shape index (κ2) is 4.97. The Balaban J connectivity index is 2.69. The van der Waals surface area contributed by atoms with Crippen LogP contribution in [0.2, 0.25) is 0 Å². The first kappa shape index (κ1) is 13.5. The summed E-state index contributed by atoms with van der Waals surface area (Å²) in [4.78, 5) is 0. The molecule has 4 heteroatoms. The van der Waals surface area contributed by atoms with Crippen LogP contribution in [0.25, 0.3) is 11.1 Å². The van der Waals surface area contributed by atoms with Gasteiger partial charge in [-0.3, -0.25) is 0 Å². The predicted octanol–water partition coefficient (Wildman–Crippen LogP) is 3.41. The van der Waals surface area contributed by atoms with Gasteiger partial charge in [-0.15, -0.1) is 0 Å². The summed E-state index contributed by atoms with van der Waals surface area (Å²) in [5, 5.41) is 9.88. The maximum Gasteiger partial charge on any atom is 0.130 e. The molecule has 0 aliphatic rings. The van der Waals surface area contributed by atoms with E-state index in [-0.39, 0.29) is 18.1 Å². The summed E-state index contributed by atoms with van der Waals surface area (Å²) in [5.74, 6) is -1.01. The highest BCUT2D eigenvalue weighted by Gasteiger charge is 2.13. The summed E-state index contributed by atoms with van der Waals surface area (Å²) in [5.41, 5.74) is 8.05. The maximum atomic E-state index is 13.8. The summed E-state index contributed by atoms with van der Waals surface area (Å²) < 4.78 is 26.9. The molecule has 100 valence electrons. The Labute approximate surface area is 110 Å². The Bertz CT molecular complexity index is 615. The molecule has 0 aliphatic carbocycles. The van der Waals surface area contributed by atoms with Gasteiger partial charge in [-0.2, -0.15) is 0 Å². The number of aromatic hydroxyl groups is 1. The molecule has 0 radical (unpaired) electrons. The van der Waals surface area contributed by atoms with Crippen molar-refractivity contribution in [3.63, 3.8) is 0 Å². The van der Waals surface area contributed by atoms with Crippen LogP contribution in [0.15, 0.2) is 24.3 Å². The van der Waals surface area contributed by atoms with E-state index in [4.69, 9.17) is 5.73 Å². The quantitative estimate of drug-likeness (QED) is 0.872. The zero-order chi connectivity index (χ0) is 14.2. The second-order valence-electron chi connectivity index (χ2n) is 4.59. The number of phenols is 1. The zero-order valence-corrected chi connectivity index (χ0v) is 10.8. The number of benzene rings is 2. The Morgan fingerprint density at radius 3 is 2.32 bits per heavy atom. The third kappa shape index (κ3) is 2.44. The average molecular weight is 263 g/mol. The minimum atomic E-state index is -0.503. The molecule has 0 aromatic heterocycles. The third-order valence-electron chi connectivity index (χ3n) is 3.12. The summed E-state index contributed by atoms with van der Waals surface area (Å²) in [6, 6.07) is 5.58. The molecule has 0 saturated heterocycles. The summed E-state index contributed by atoms with van der Waals surface area (Å²) >= 11 is 0. The van der Waals surface area contributed by atoms with Gasteiger partial charge >= 0.3 is 0 Å². The van der Waals surface area contributed by atoms with Gasteiger partial charge in [0.05, 0.1) is 0 Å². The number of hydrogen-bond acceptors (Lipinski definition) is 2. The molecule has 2 rings (SSSR count). The van der Waals surface area contributed by atoms with E-state index in [0.717, 1.165) is 6.07 Å². The highest BCUT2D eigenvalue weighted by Crippen LogP contribution is 2.35. The molecule has 0 amide bonds. The van der Waals surface area contributed by atoms with E-state index >= 15 is 0 Å². The van der Waals surface area contributed by atoms with Gasteiger partial charge in [0, 0.05) is 23.7 Å². The molecule has 0 bridgehead atoms. The normalized spacial score (nSPS) is 10.8. The van der Waals surface area contributed by atoms with Gasteiger partial charge in [0.25, 0.3) is 0 Å². The standard InChI is InChI=1S/C15H15F2NO/c1-8-4-12(16)6-13(19)14(8)10-3-9(2)15(17)11(5-10)7-18/h3-6,19H,7,18H2,1-2H3. The van der Waals surface area contributed by atoms with Crippen LogP contribution >= 0.6 is 0 Å². The maximum absolute atomic E-state index is 13.8. The van der Waals surface area contributed by atoms with Crippen LogP contribution in [0.1, 0.15) is 16.7 Å². The molecule has 19 heavy (non-hydrogen) atoms. The topological polar surface area (TPSA) is 46.2 Å². The summed E-state index contributed by atoms with van der Waals surface area (Å²) in [6.07, 6.45) is 0. The minimum Gasteiger partial charge on any atom is -0.507 e. The number of aryl methyl sites for hydroxylation is 2. The van der Waals surface area contributed by atoms with Crippen LogP contribution in [0.4, 0.5) is 8.78 Å². The number of phenolic OH excluding ortho intramolecular Hbond substituents is 1. The van der Waals surface area contributed by atoms with E-state index in [9.17, 15) is 13.9 Å². The van der Waals surface area contributed by atoms with Crippen LogP contribution in [-0.2, 0) is 6.54 Å². The SMILES string of the molecule is Cc1cc(-c2c(C)cc(F)cc2O)cc(CN)c1F. The lowest BCUT2D eigenvalue weighted by Crippen LogP contribution is -2.02. The van der Waals surface area contributed by atoms with E-state index < -0.39 is 5.82 Å². The Hall–Kier alpha value is -1.94. The van der Waals surface area contributed by atoms with Gasteiger partial charge < -0.3 is 10.8 Å². The van der Waals surface area contributed by atoms with Gasteiger partial charge in [-0.05, 0) is 48.7 Å². The second-order valence-corrected chi connectivity index (χ2v) is 4.59. The molecule has 2 aromatic carbocycles. The zero-order valence-electron chi connectivity index (χ0n) is 10.8. The molecule has 0 heterocycles. The van der Waals surface area contributed by atoms with E-state index in [1.165, 1.54) is 6.07 Å². The summed E-state index contributed by atoms with van der Waals surface area (Å²) in [7, 11) is 0. The summed E-state index contributed by atoms with van der Waals surface area (Å²) in [6.45, 7) is 3.40. The van der Waals surface area contributed by atoms with Crippen LogP contribution in [0.5, 0.6) is 5.75 Å². The lowest BCUT2D eigenvalue weighted by atomic mass is 9.95. The molecule has 2 aromatic rings. The minimum absolute atomic E-state index is 0.0709. The van der Waals surface area contributed by atoms with Crippen LogP contribution in [0, 0.1) is 25.5 Å². The molecular weight excluding hydrogens is 248 g/mol. The Morgan fingerprint density at radius 2 is 1.74 bits per heavy atom. The fourth-order valence-corrected chi connectivity index (χ4v) is 2.24. The molecule has 3 N–H and O–H groups in total. The van der Waals surface area contributed by atoms with Crippen molar-refractivity contribution >= 4 is 0 Å². The van der Waals surface area contributed by atoms with E-state index in [2.05, 4.69) is 0 Å². The van der Waals surface area contributed by atoms with Crippen molar-refractivity contribution in [3.05, 3.63) is 52.6 Å². The first-order valence-corrected chi connectivity index (χ1v) is 5.92. The van der Waals surface area contributed by atoms with Crippen molar-refractivity contribution in [2.75, 3.05) is 0 Å². The van der Waals surface area contributed by atoms with Gasteiger partial charge in [0.1, 0.15) is 17.4 Å². The van der Waals surface area contributed by atoms with Crippen LogP contribution in [0.3, 0.4) is 0 Å². The molecule has 0 saturated carbocycles.